The number of carbonyl (C=O) groups is 1. The summed E-state index contributed by atoms with van der Waals surface area (Å²) in [6.07, 6.45) is 0. The summed E-state index contributed by atoms with van der Waals surface area (Å²) in [6.45, 7) is 5.77. The van der Waals surface area contributed by atoms with Crippen LogP contribution in [-0.2, 0) is 4.79 Å². The van der Waals surface area contributed by atoms with Crippen LogP contribution in [-0.4, -0.2) is 44.6 Å². The first-order valence-electron chi connectivity index (χ1n) is 6.79. The Labute approximate surface area is 131 Å². The van der Waals surface area contributed by atoms with E-state index in [2.05, 4.69) is 19.2 Å². The number of hydrogen-bond acceptors (Lipinski definition) is 4. The largest absolute Gasteiger partial charge is 0.495 e. The second kappa shape index (κ2) is 7.64. The van der Waals surface area contributed by atoms with Crippen LogP contribution in [0.1, 0.15) is 13.8 Å². The average Bonchev–Trinajstić information content (AvgIpc) is 2.38. The molecular weight excluding hydrogens is 290 g/mol. The second-order valence-electron chi connectivity index (χ2n) is 5.94. The molecule has 0 saturated carbocycles. The summed E-state index contributed by atoms with van der Waals surface area (Å²) in [5.41, 5.74) is 6.33. The summed E-state index contributed by atoms with van der Waals surface area (Å²) in [7, 11) is 3.45. The smallest absolute Gasteiger partial charge is 0.238 e. The monoisotopic (exact) mass is 313 g/mol. The van der Waals surface area contributed by atoms with Gasteiger partial charge in [0.1, 0.15) is 5.75 Å². The fraction of sp³-hybridized carbons (Fsp3) is 0.533. The van der Waals surface area contributed by atoms with Crippen molar-refractivity contribution in [1.82, 2.24) is 4.90 Å². The van der Waals surface area contributed by atoms with Crippen molar-refractivity contribution < 1.29 is 9.53 Å². The Morgan fingerprint density at radius 3 is 2.67 bits per heavy atom. The van der Waals surface area contributed by atoms with E-state index in [1.807, 2.05) is 11.9 Å². The lowest BCUT2D eigenvalue weighted by Gasteiger charge is -2.28. The Bertz CT molecular complexity index is 492. The Kier molecular flexibility index (Phi) is 6.45. The molecule has 6 heteroatoms. The zero-order valence-corrected chi connectivity index (χ0v) is 13.8. The third kappa shape index (κ3) is 5.91. The van der Waals surface area contributed by atoms with Crippen molar-refractivity contribution in [2.45, 2.75) is 13.8 Å². The van der Waals surface area contributed by atoms with Gasteiger partial charge in [0, 0.05) is 12.2 Å². The molecule has 0 aliphatic heterocycles. The van der Waals surface area contributed by atoms with E-state index >= 15 is 0 Å². The van der Waals surface area contributed by atoms with E-state index in [4.69, 9.17) is 22.1 Å². The number of likely N-dealkylation sites (N-methyl/N-ethyl adjacent to an activating group) is 1. The Hall–Kier alpha value is -1.30. The Morgan fingerprint density at radius 2 is 2.14 bits per heavy atom. The van der Waals surface area contributed by atoms with E-state index in [0.717, 1.165) is 6.54 Å². The molecule has 0 bridgehead atoms. The molecule has 0 radical (unpaired) electrons. The first-order chi connectivity index (χ1) is 9.77. The highest BCUT2D eigenvalue weighted by atomic mass is 35.5. The van der Waals surface area contributed by atoms with Crippen molar-refractivity contribution in [2.24, 2.45) is 11.1 Å². The summed E-state index contributed by atoms with van der Waals surface area (Å²) >= 11 is 6.02. The van der Waals surface area contributed by atoms with Crippen LogP contribution < -0.4 is 15.8 Å². The average molecular weight is 314 g/mol. The van der Waals surface area contributed by atoms with E-state index in [0.29, 0.717) is 29.5 Å². The number of anilines is 1. The van der Waals surface area contributed by atoms with Crippen LogP contribution in [0.15, 0.2) is 18.2 Å². The van der Waals surface area contributed by atoms with E-state index in [1.54, 1.807) is 25.3 Å². The third-order valence-corrected chi connectivity index (χ3v) is 3.39. The van der Waals surface area contributed by atoms with Gasteiger partial charge < -0.3 is 15.8 Å². The van der Waals surface area contributed by atoms with E-state index in [1.165, 1.54) is 0 Å². The van der Waals surface area contributed by atoms with Gasteiger partial charge in [0.25, 0.3) is 0 Å². The summed E-state index contributed by atoms with van der Waals surface area (Å²) in [5, 5.41) is 3.28. The lowest BCUT2D eigenvalue weighted by Crippen LogP contribution is -2.40. The molecule has 0 spiro atoms. The number of carbonyl (C=O) groups excluding carboxylic acids is 1. The van der Waals surface area contributed by atoms with Gasteiger partial charge in [0.15, 0.2) is 0 Å². The van der Waals surface area contributed by atoms with Gasteiger partial charge in [-0.1, -0.05) is 25.4 Å². The number of hydrogen-bond donors (Lipinski definition) is 2. The van der Waals surface area contributed by atoms with Crippen LogP contribution >= 0.6 is 11.6 Å². The minimum Gasteiger partial charge on any atom is -0.495 e. The van der Waals surface area contributed by atoms with E-state index in [9.17, 15) is 4.79 Å². The van der Waals surface area contributed by atoms with Crippen molar-refractivity contribution in [1.29, 1.82) is 0 Å². The van der Waals surface area contributed by atoms with Crippen molar-refractivity contribution in [3.63, 3.8) is 0 Å². The Morgan fingerprint density at radius 1 is 1.48 bits per heavy atom. The predicted octanol–water partition coefficient (Wildman–Crippen LogP) is 2.20. The van der Waals surface area contributed by atoms with Gasteiger partial charge in [0.2, 0.25) is 5.91 Å². The molecule has 0 atom stereocenters. The van der Waals surface area contributed by atoms with Crippen LogP contribution in [0.3, 0.4) is 0 Å². The molecule has 0 heterocycles. The quantitative estimate of drug-likeness (QED) is 0.810. The number of benzene rings is 1. The number of nitrogens with two attached hydrogens (primary N) is 1. The normalized spacial score (nSPS) is 11.6. The maximum Gasteiger partial charge on any atom is 0.238 e. The van der Waals surface area contributed by atoms with Gasteiger partial charge in [-0.3, -0.25) is 9.69 Å². The van der Waals surface area contributed by atoms with Crippen molar-refractivity contribution in [2.75, 3.05) is 39.1 Å². The molecule has 0 unspecified atom stereocenters. The Balaban J connectivity index is 2.56. The minimum absolute atomic E-state index is 0.0154. The number of ether oxygens (including phenoxy) is 1. The summed E-state index contributed by atoms with van der Waals surface area (Å²) in [6, 6.07) is 5.15. The van der Waals surface area contributed by atoms with Crippen molar-refractivity contribution in [3.8, 4) is 5.75 Å². The highest BCUT2D eigenvalue weighted by molar-refractivity contribution is 6.32. The molecule has 1 rings (SSSR count). The van der Waals surface area contributed by atoms with E-state index < -0.39 is 0 Å². The molecule has 21 heavy (non-hydrogen) atoms. The SMILES string of the molecule is COc1ccc(NC(=O)CN(C)CC(C)(C)CN)cc1Cl. The molecule has 118 valence electrons. The molecule has 0 aliphatic carbocycles. The molecule has 5 nitrogen and oxygen atoms in total. The summed E-state index contributed by atoms with van der Waals surface area (Å²) in [5.74, 6) is 0.489. The minimum atomic E-state index is -0.0912. The topological polar surface area (TPSA) is 67.6 Å². The van der Waals surface area contributed by atoms with Crippen LogP contribution in [0, 0.1) is 5.41 Å². The fourth-order valence-electron chi connectivity index (χ4n) is 2.04. The highest BCUT2D eigenvalue weighted by Crippen LogP contribution is 2.27. The maximum atomic E-state index is 12.0. The highest BCUT2D eigenvalue weighted by Gasteiger charge is 2.19. The maximum absolute atomic E-state index is 12.0. The predicted molar refractivity (Wildman–Crippen MR) is 87.0 cm³/mol. The first kappa shape index (κ1) is 17.8. The molecule has 0 fully saturated rings. The van der Waals surface area contributed by atoms with E-state index in [-0.39, 0.29) is 11.3 Å². The third-order valence-electron chi connectivity index (χ3n) is 3.10. The van der Waals surface area contributed by atoms with Crippen LogP contribution in [0.4, 0.5) is 5.69 Å². The number of methoxy groups -OCH3 is 1. The van der Waals surface area contributed by atoms with Crippen LogP contribution in [0.2, 0.25) is 5.02 Å². The van der Waals surface area contributed by atoms with Gasteiger partial charge in [-0.25, -0.2) is 0 Å². The van der Waals surface area contributed by atoms with Gasteiger partial charge in [-0.2, -0.15) is 0 Å². The standard InChI is InChI=1S/C15H24ClN3O2/c1-15(2,9-17)10-19(3)8-14(20)18-11-5-6-13(21-4)12(16)7-11/h5-7H,8-10,17H2,1-4H3,(H,18,20). The van der Waals surface area contributed by atoms with Crippen LogP contribution in [0.25, 0.3) is 0 Å². The molecular formula is C15H24ClN3O2. The van der Waals surface area contributed by atoms with Crippen molar-refractivity contribution in [3.05, 3.63) is 23.2 Å². The van der Waals surface area contributed by atoms with Gasteiger partial charge in [-0.15, -0.1) is 0 Å². The van der Waals surface area contributed by atoms with Crippen LogP contribution in [0.5, 0.6) is 5.75 Å². The van der Waals surface area contributed by atoms with Gasteiger partial charge in [-0.05, 0) is 37.2 Å². The number of nitrogens with one attached hydrogen (secondary N) is 1. The lowest BCUT2D eigenvalue weighted by molar-refractivity contribution is -0.117. The second-order valence-corrected chi connectivity index (χ2v) is 6.35. The van der Waals surface area contributed by atoms with Gasteiger partial charge in [0.05, 0.1) is 18.7 Å². The fourth-order valence-corrected chi connectivity index (χ4v) is 2.30. The molecule has 0 aromatic heterocycles. The molecule has 0 saturated heterocycles. The number of amides is 1. The molecule has 3 N–H and O–H groups in total. The molecule has 1 aromatic rings. The zero-order valence-electron chi connectivity index (χ0n) is 13.1. The number of halogens is 1. The lowest BCUT2D eigenvalue weighted by atomic mass is 9.93. The zero-order chi connectivity index (χ0) is 16.0. The van der Waals surface area contributed by atoms with Crippen molar-refractivity contribution >= 4 is 23.2 Å². The number of nitrogens with zero attached hydrogens (tertiary/aromatic N) is 1. The molecule has 0 aliphatic rings. The first-order valence-corrected chi connectivity index (χ1v) is 7.17. The van der Waals surface area contributed by atoms with Gasteiger partial charge >= 0.3 is 0 Å². The summed E-state index contributed by atoms with van der Waals surface area (Å²) < 4.78 is 5.07. The number of rotatable bonds is 7. The molecule has 1 amide bonds. The molecule has 1 aromatic carbocycles. The summed E-state index contributed by atoms with van der Waals surface area (Å²) in [4.78, 5) is 14.0.